The predicted octanol–water partition coefficient (Wildman–Crippen LogP) is 3.06. The quantitative estimate of drug-likeness (QED) is 0.820. The van der Waals surface area contributed by atoms with Crippen LogP contribution in [0.1, 0.15) is 43.0 Å². The Hall–Kier alpha value is -1.56. The summed E-state index contributed by atoms with van der Waals surface area (Å²) in [5, 5.41) is 11.4. The number of halogens is 1. The first kappa shape index (κ1) is 15.8. The molecule has 4 nitrogen and oxygen atoms in total. The molecular weight excluding hydrogens is 293 g/mol. The highest BCUT2D eigenvalue weighted by molar-refractivity contribution is 8.00. The standard InChI is InChI=1S/C15H18FNO3S/c1-9(14(18)17-11-4-2-3-5-11)21-13-8-10(15(19)20)6-7-12(13)16/h6-9,11H,2-5H2,1H3,(H,17,18)(H,19,20). The lowest BCUT2D eigenvalue weighted by Gasteiger charge is -2.16. The summed E-state index contributed by atoms with van der Waals surface area (Å²) in [5.74, 6) is -1.75. The Morgan fingerprint density at radius 2 is 2.05 bits per heavy atom. The van der Waals surface area contributed by atoms with Gasteiger partial charge in [-0.3, -0.25) is 4.79 Å². The van der Waals surface area contributed by atoms with Crippen LogP contribution in [0.2, 0.25) is 0 Å². The molecule has 0 saturated heterocycles. The lowest BCUT2D eigenvalue weighted by molar-refractivity contribution is -0.120. The molecule has 1 unspecified atom stereocenters. The minimum atomic E-state index is -1.11. The summed E-state index contributed by atoms with van der Waals surface area (Å²) in [7, 11) is 0. The highest BCUT2D eigenvalue weighted by Crippen LogP contribution is 2.28. The number of aromatic carboxylic acids is 1. The van der Waals surface area contributed by atoms with E-state index < -0.39 is 17.0 Å². The fourth-order valence-corrected chi connectivity index (χ4v) is 3.29. The van der Waals surface area contributed by atoms with E-state index in [9.17, 15) is 14.0 Å². The molecular formula is C15H18FNO3S. The second kappa shape index (κ2) is 6.93. The van der Waals surface area contributed by atoms with Gasteiger partial charge in [-0.1, -0.05) is 12.8 Å². The Morgan fingerprint density at radius 3 is 2.67 bits per heavy atom. The number of carboxylic acids is 1. The largest absolute Gasteiger partial charge is 0.478 e. The number of rotatable bonds is 5. The molecule has 1 saturated carbocycles. The minimum absolute atomic E-state index is 0.0160. The second-order valence-corrected chi connectivity index (χ2v) is 6.58. The molecule has 21 heavy (non-hydrogen) atoms. The summed E-state index contributed by atoms with van der Waals surface area (Å²) in [5.41, 5.74) is 0.0160. The van der Waals surface area contributed by atoms with Gasteiger partial charge in [-0.15, -0.1) is 11.8 Å². The number of carbonyl (C=O) groups excluding carboxylic acids is 1. The lowest BCUT2D eigenvalue weighted by atomic mass is 10.2. The van der Waals surface area contributed by atoms with E-state index in [1.54, 1.807) is 6.92 Å². The van der Waals surface area contributed by atoms with Crippen molar-refractivity contribution < 1.29 is 19.1 Å². The van der Waals surface area contributed by atoms with Crippen LogP contribution < -0.4 is 5.32 Å². The number of carboxylic acid groups (broad SMARTS) is 1. The zero-order valence-electron chi connectivity index (χ0n) is 11.8. The summed E-state index contributed by atoms with van der Waals surface area (Å²) in [4.78, 5) is 23.2. The number of benzene rings is 1. The summed E-state index contributed by atoms with van der Waals surface area (Å²) in [6.07, 6.45) is 4.24. The van der Waals surface area contributed by atoms with Crippen LogP contribution in [0.5, 0.6) is 0 Å². The first-order chi connectivity index (χ1) is 9.97. The number of carbonyl (C=O) groups is 2. The van der Waals surface area contributed by atoms with Gasteiger partial charge in [-0.25, -0.2) is 9.18 Å². The van der Waals surface area contributed by atoms with Gasteiger partial charge in [0.05, 0.1) is 10.8 Å². The van der Waals surface area contributed by atoms with Crippen molar-refractivity contribution in [1.82, 2.24) is 5.32 Å². The van der Waals surface area contributed by atoms with Gasteiger partial charge in [0.2, 0.25) is 5.91 Å². The Balaban J connectivity index is 2.00. The van der Waals surface area contributed by atoms with Crippen molar-refractivity contribution in [2.75, 3.05) is 0 Å². The van der Waals surface area contributed by atoms with Gasteiger partial charge >= 0.3 is 5.97 Å². The lowest BCUT2D eigenvalue weighted by Crippen LogP contribution is -2.37. The zero-order valence-corrected chi connectivity index (χ0v) is 12.6. The summed E-state index contributed by atoms with van der Waals surface area (Å²) < 4.78 is 13.7. The molecule has 0 aliphatic heterocycles. The monoisotopic (exact) mass is 311 g/mol. The van der Waals surface area contributed by atoms with E-state index in [1.807, 2.05) is 0 Å². The molecule has 2 rings (SSSR count). The number of hydrogen-bond acceptors (Lipinski definition) is 3. The number of hydrogen-bond donors (Lipinski definition) is 2. The molecule has 6 heteroatoms. The van der Waals surface area contributed by atoms with E-state index in [2.05, 4.69) is 5.32 Å². The molecule has 1 amide bonds. The highest BCUT2D eigenvalue weighted by atomic mass is 32.2. The molecule has 0 spiro atoms. The fourth-order valence-electron chi connectivity index (χ4n) is 2.36. The van der Waals surface area contributed by atoms with Gasteiger partial charge in [0.15, 0.2) is 0 Å². The van der Waals surface area contributed by atoms with E-state index in [1.165, 1.54) is 12.1 Å². The molecule has 1 aromatic carbocycles. The average molecular weight is 311 g/mol. The van der Waals surface area contributed by atoms with Crippen LogP contribution in [0.3, 0.4) is 0 Å². The topological polar surface area (TPSA) is 66.4 Å². The van der Waals surface area contributed by atoms with Crippen molar-refractivity contribution in [2.45, 2.75) is 48.8 Å². The third-order valence-electron chi connectivity index (χ3n) is 3.55. The van der Waals surface area contributed by atoms with Gasteiger partial charge in [0.1, 0.15) is 5.82 Å². The Bertz CT molecular complexity index is 544. The van der Waals surface area contributed by atoms with Crippen molar-refractivity contribution in [3.8, 4) is 0 Å². The van der Waals surface area contributed by atoms with Crippen LogP contribution in [0.15, 0.2) is 23.1 Å². The SMILES string of the molecule is CC(Sc1cc(C(=O)O)ccc1F)C(=O)NC1CCCC1. The number of thioether (sulfide) groups is 1. The van der Waals surface area contributed by atoms with Crippen LogP contribution in [-0.4, -0.2) is 28.3 Å². The van der Waals surface area contributed by atoms with Gasteiger partial charge in [0, 0.05) is 10.9 Å². The molecule has 2 N–H and O–H groups in total. The minimum Gasteiger partial charge on any atom is -0.478 e. The smallest absolute Gasteiger partial charge is 0.335 e. The molecule has 114 valence electrons. The molecule has 1 atom stereocenters. The molecule has 1 fully saturated rings. The molecule has 1 aromatic rings. The van der Waals surface area contributed by atoms with Gasteiger partial charge < -0.3 is 10.4 Å². The Morgan fingerprint density at radius 1 is 1.38 bits per heavy atom. The molecule has 0 bridgehead atoms. The van der Waals surface area contributed by atoms with Crippen molar-refractivity contribution in [3.63, 3.8) is 0 Å². The summed E-state index contributed by atoms with van der Waals surface area (Å²) >= 11 is 1.04. The van der Waals surface area contributed by atoms with Crippen LogP contribution in [-0.2, 0) is 4.79 Å². The molecule has 0 radical (unpaired) electrons. The maximum atomic E-state index is 13.7. The van der Waals surface area contributed by atoms with Crippen LogP contribution in [0.4, 0.5) is 4.39 Å². The third kappa shape index (κ3) is 4.20. The van der Waals surface area contributed by atoms with Crippen LogP contribution in [0, 0.1) is 5.82 Å². The molecule has 0 heterocycles. The average Bonchev–Trinajstić information content (AvgIpc) is 2.93. The van der Waals surface area contributed by atoms with E-state index in [-0.39, 0.29) is 22.4 Å². The maximum absolute atomic E-state index is 13.7. The van der Waals surface area contributed by atoms with E-state index in [4.69, 9.17) is 5.11 Å². The summed E-state index contributed by atoms with van der Waals surface area (Å²) in [6, 6.07) is 3.82. The third-order valence-corrected chi connectivity index (χ3v) is 4.69. The van der Waals surface area contributed by atoms with E-state index >= 15 is 0 Å². The highest BCUT2D eigenvalue weighted by Gasteiger charge is 2.22. The molecule has 1 aliphatic rings. The Kier molecular flexibility index (Phi) is 5.22. The first-order valence-electron chi connectivity index (χ1n) is 6.97. The molecule has 0 aromatic heterocycles. The van der Waals surface area contributed by atoms with Gasteiger partial charge in [-0.05, 0) is 38.0 Å². The van der Waals surface area contributed by atoms with E-state index in [0.29, 0.717) is 0 Å². The number of nitrogens with one attached hydrogen (secondary N) is 1. The van der Waals surface area contributed by atoms with Crippen LogP contribution in [0.25, 0.3) is 0 Å². The number of amides is 1. The fraction of sp³-hybridized carbons (Fsp3) is 0.467. The van der Waals surface area contributed by atoms with Gasteiger partial charge in [-0.2, -0.15) is 0 Å². The normalized spacial score (nSPS) is 16.7. The first-order valence-corrected chi connectivity index (χ1v) is 7.85. The van der Waals surface area contributed by atoms with Gasteiger partial charge in [0.25, 0.3) is 0 Å². The van der Waals surface area contributed by atoms with Crippen LogP contribution >= 0.6 is 11.8 Å². The van der Waals surface area contributed by atoms with Crippen molar-refractivity contribution >= 4 is 23.6 Å². The van der Waals surface area contributed by atoms with Crippen molar-refractivity contribution in [3.05, 3.63) is 29.6 Å². The molecule has 1 aliphatic carbocycles. The predicted molar refractivity (Wildman–Crippen MR) is 79.1 cm³/mol. The van der Waals surface area contributed by atoms with Crippen molar-refractivity contribution in [1.29, 1.82) is 0 Å². The maximum Gasteiger partial charge on any atom is 0.335 e. The summed E-state index contributed by atoms with van der Waals surface area (Å²) in [6.45, 7) is 1.70. The second-order valence-electron chi connectivity index (χ2n) is 5.20. The Labute approximate surface area is 127 Å². The van der Waals surface area contributed by atoms with Crippen molar-refractivity contribution in [2.24, 2.45) is 0 Å². The van der Waals surface area contributed by atoms with E-state index in [0.717, 1.165) is 43.5 Å². The zero-order chi connectivity index (χ0) is 15.4.